The number of aryl methyl sites for hydroxylation is 1. The molecule has 2 rings (SSSR count). The Hall–Kier alpha value is -0.920. The highest BCUT2D eigenvalue weighted by Gasteiger charge is 2.31. The average Bonchev–Trinajstić information content (AvgIpc) is 2.34. The standard InChI is InChI=1S/C12H18N2O3S2/c1-9-3-4-11(13)12(10(9)2)19(16,17)14-5-7-18(15)8-6-14/h3-4H,5-8,13H2,1-2H3. The lowest BCUT2D eigenvalue weighted by Gasteiger charge is -2.27. The number of hydrogen-bond donors (Lipinski definition) is 1. The van der Waals surface area contributed by atoms with E-state index in [0.717, 1.165) is 5.56 Å². The van der Waals surface area contributed by atoms with Crippen molar-refractivity contribution >= 4 is 26.5 Å². The molecule has 0 aliphatic carbocycles. The number of nitrogens with zero attached hydrogens (tertiary/aromatic N) is 1. The summed E-state index contributed by atoms with van der Waals surface area (Å²) >= 11 is 0. The fourth-order valence-electron chi connectivity index (χ4n) is 2.14. The van der Waals surface area contributed by atoms with Gasteiger partial charge in [-0.2, -0.15) is 4.31 Å². The Bertz CT molecular complexity index is 616. The molecule has 106 valence electrons. The summed E-state index contributed by atoms with van der Waals surface area (Å²) in [5, 5.41) is 0. The van der Waals surface area contributed by atoms with E-state index >= 15 is 0 Å². The molecular formula is C12H18N2O3S2. The maximum atomic E-state index is 12.6. The van der Waals surface area contributed by atoms with Crippen molar-refractivity contribution < 1.29 is 12.6 Å². The van der Waals surface area contributed by atoms with E-state index in [9.17, 15) is 12.6 Å². The van der Waals surface area contributed by atoms with Crippen LogP contribution in [-0.4, -0.2) is 41.5 Å². The number of anilines is 1. The van der Waals surface area contributed by atoms with E-state index in [1.807, 2.05) is 13.0 Å². The largest absolute Gasteiger partial charge is 0.398 e. The summed E-state index contributed by atoms with van der Waals surface area (Å²) in [7, 11) is -4.50. The Kier molecular flexibility index (Phi) is 3.98. The molecule has 0 atom stereocenters. The minimum Gasteiger partial charge on any atom is -0.398 e. The van der Waals surface area contributed by atoms with Gasteiger partial charge in [0.25, 0.3) is 0 Å². The summed E-state index contributed by atoms with van der Waals surface area (Å²) in [6.07, 6.45) is 0. The summed E-state index contributed by atoms with van der Waals surface area (Å²) in [5.74, 6) is 0.786. The third-order valence-corrected chi connectivity index (χ3v) is 6.82. The first-order chi connectivity index (χ1) is 8.84. The van der Waals surface area contributed by atoms with Gasteiger partial charge in [-0.25, -0.2) is 8.42 Å². The van der Waals surface area contributed by atoms with Gasteiger partial charge >= 0.3 is 0 Å². The van der Waals surface area contributed by atoms with Gasteiger partial charge in [-0.15, -0.1) is 0 Å². The molecule has 1 aliphatic rings. The van der Waals surface area contributed by atoms with Crippen LogP contribution >= 0.6 is 0 Å². The first-order valence-electron chi connectivity index (χ1n) is 6.05. The predicted octanol–water partition coefficient (Wildman–Crippen LogP) is 0.639. The minimum atomic E-state index is -3.60. The molecule has 1 heterocycles. The Morgan fingerprint density at radius 2 is 1.79 bits per heavy atom. The van der Waals surface area contributed by atoms with Gasteiger partial charge in [0.15, 0.2) is 0 Å². The zero-order valence-electron chi connectivity index (χ0n) is 11.0. The van der Waals surface area contributed by atoms with Crippen molar-refractivity contribution in [1.82, 2.24) is 4.31 Å². The van der Waals surface area contributed by atoms with Crippen molar-refractivity contribution in [2.75, 3.05) is 30.3 Å². The van der Waals surface area contributed by atoms with Crippen LogP contribution in [0.4, 0.5) is 5.69 Å². The molecule has 0 aromatic heterocycles. The summed E-state index contributed by atoms with van der Waals surface area (Å²) in [4.78, 5) is 0.195. The maximum absolute atomic E-state index is 12.6. The van der Waals surface area contributed by atoms with Crippen molar-refractivity contribution in [3.8, 4) is 0 Å². The zero-order valence-corrected chi connectivity index (χ0v) is 12.7. The number of nitrogen functional groups attached to an aromatic ring is 1. The summed E-state index contributed by atoms with van der Waals surface area (Å²) in [5.41, 5.74) is 7.70. The number of hydrogen-bond acceptors (Lipinski definition) is 4. The van der Waals surface area contributed by atoms with Crippen LogP contribution in [0.5, 0.6) is 0 Å². The first kappa shape index (κ1) is 14.5. The molecule has 0 bridgehead atoms. The molecule has 1 saturated heterocycles. The SMILES string of the molecule is Cc1ccc(N)c(S(=O)(=O)N2CCS(=O)CC2)c1C. The van der Waals surface area contributed by atoms with Gasteiger partial charge in [-0.3, -0.25) is 4.21 Å². The van der Waals surface area contributed by atoms with Crippen LogP contribution in [0.25, 0.3) is 0 Å². The van der Waals surface area contributed by atoms with Crippen LogP contribution in [0.2, 0.25) is 0 Å². The molecule has 1 aromatic rings. The predicted molar refractivity (Wildman–Crippen MR) is 77.0 cm³/mol. The molecule has 0 unspecified atom stereocenters. The first-order valence-corrected chi connectivity index (χ1v) is 8.97. The van der Waals surface area contributed by atoms with E-state index in [2.05, 4.69) is 0 Å². The molecule has 5 nitrogen and oxygen atoms in total. The van der Waals surface area contributed by atoms with Gasteiger partial charge in [-0.1, -0.05) is 6.07 Å². The molecule has 7 heteroatoms. The monoisotopic (exact) mass is 302 g/mol. The van der Waals surface area contributed by atoms with E-state index in [0.29, 0.717) is 30.2 Å². The molecule has 0 radical (unpaired) electrons. The quantitative estimate of drug-likeness (QED) is 0.813. The molecule has 0 saturated carbocycles. The highest BCUT2D eigenvalue weighted by Crippen LogP contribution is 2.28. The van der Waals surface area contributed by atoms with Crippen molar-refractivity contribution in [3.05, 3.63) is 23.3 Å². The molecule has 1 aliphatic heterocycles. The lowest BCUT2D eigenvalue weighted by atomic mass is 10.1. The number of sulfonamides is 1. The number of rotatable bonds is 2. The molecule has 1 aromatic carbocycles. The smallest absolute Gasteiger partial charge is 0.245 e. The average molecular weight is 302 g/mol. The highest BCUT2D eigenvalue weighted by molar-refractivity contribution is 7.89. The third-order valence-electron chi connectivity index (χ3n) is 3.44. The number of nitrogens with two attached hydrogens (primary N) is 1. The van der Waals surface area contributed by atoms with Gasteiger partial charge in [0, 0.05) is 35.4 Å². The molecule has 0 amide bonds. The second-order valence-electron chi connectivity index (χ2n) is 4.68. The molecule has 19 heavy (non-hydrogen) atoms. The highest BCUT2D eigenvalue weighted by atomic mass is 32.2. The van der Waals surface area contributed by atoms with Crippen LogP contribution in [0, 0.1) is 13.8 Å². The van der Waals surface area contributed by atoms with Gasteiger partial charge in [0.2, 0.25) is 10.0 Å². The lowest BCUT2D eigenvalue weighted by molar-refractivity contribution is 0.438. The van der Waals surface area contributed by atoms with Crippen LogP contribution in [0.1, 0.15) is 11.1 Å². The van der Waals surface area contributed by atoms with E-state index in [4.69, 9.17) is 5.73 Å². The Morgan fingerprint density at radius 1 is 1.21 bits per heavy atom. The van der Waals surface area contributed by atoms with E-state index in [-0.39, 0.29) is 10.6 Å². The Balaban J connectivity index is 2.46. The van der Waals surface area contributed by atoms with Gasteiger partial charge in [0.05, 0.1) is 5.69 Å². The second-order valence-corrected chi connectivity index (χ2v) is 8.25. The fraction of sp³-hybridized carbons (Fsp3) is 0.500. The maximum Gasteiger partial charge on any atom is 0.245 e. The Labute approximate surface area is 116 Å². The van der Waals surface area contributed by atoms with Gasteiger partial charge in [0.1, 0.15) is 4.90 Å². The molecule has 1 fully saturated rings. The molecule has 2 N–H and O–H groups in total. The van der Waals surface area contributed by atoms with Crippen molar-refractivity contribution in [3.63, 3.8) is 0 Å². The third kappa shape index (κ3) is 2.68. The van der Waals surface area contributed by atoms with Crippen molar-refractivity contribution in [2.45, 2.75) is 18.7 Å². The topological polar surface area (TPSA) is 80.5 Å². The second kappa shape index (κ2) is 5.22. The normalized spacial score (nSPS) is 18.6. The van der Waals surface area contributed by atoms with Crippen molar-refractivity contribution in [2.24, 2.45) is 0 Å². The van der Waals surface area contributed by atoms with E-state index in [1.54, 1.807) is 13.0 Å². The fourth-order valence-corrected chi connectivity index (χ4v) is 5.26. The van der Waals surface area contributed by atoms with E-state index in [1.165, 1.54) is 4.31 Å². The van der Waals surface area contributed by atoms with Crippen LogP contribution in [0.15, 0.2) is 17.0 Å². The van der Waals surface area contributed by atoms with Crippen LogP contribution in [-0.2, 0) is 20.8 Å². The zero-order chi connectivity index (χ0) is 14.2. The Morgan fingerprint density at radius 3 is 2.37 bits per heavy atom. The van der Waals surface area contributed by atoms with Gasteiger partial charge < -0.3 is 5.73 Å². The molecular weight excluding hydrogens is 284 g/mol. The van der Waals surface area contributed by atoms with Crippen molar-refractivity contribution in [1.29, 1.82) is 0 Å². The number of benzene rings is 1. The van der Waals surface area contributed by atoms with Crippen LogP contribution < -0.4 is 5.73 Å². The summed E-state index contributed by atoms with van der Waals surface area (Å²) in [6.45, 7) is 4.21. The summed E-state index contributed by atoms with van der Waals surface area (Å²) < 4.78 is 38.0. The van der Waals surface area contributed by atoms with Crippen LogP contribution in [0.3, 0.4) is 0 Å². The van der Waals surface area contributed by atoms with Gasteiger partial charge in [-0.05, 0) is 31.0 Å². The minimum absolute atomic E-state index is 0.195. The van der Waals surface area contributed by atoms with E-state index < -0.39 is 20.8 Å². The molecule has 0 spiro atoms. The summed E-state index contributed by atoms with van der Waals surface area (Å²) in [6, 6.07) is 3.44. The lowest BCUT2D eigenvalue weighted by Crippen LogP contribution is -2.42.